The maximum Gasteiger partial charge on any atom is 0.144 e. The highest BCUT2D eigenvalue weighted by Crippen LogP contribution is 2.40. The standard InChI is InChI=1S/C11H16O3/c12-11(7-3-4-13-6-7)9-5-8-1-2-10(9)14-8/h7-10H,1-6H2. The largest absolute Gasteiger partial charge is 0.381 e. The predicted octanol–water partition coefficient (Wildman–Crippen LogP) is 1.16. The summed E-state index contributed by atoms with van der Waals surface area (Å²) in [6.45, 7) is 1.41. The lowest BCUT2D eigenvalue weighted by Crippen LogP contribution is -2.31. The molecule has 0 aromatic carbocycles. The van der Waals surface area contributed by atoms with Crippen molar-refractivity contribution in [3.05, 3.63) is 0 Å². The van der Waals surface area contributed by atoms with Crippen LogP contribution in [-0.4, -0.2) is 31.2 Å². The quantitative estimate of drug-likeness (QED) is 0.664. The number of Topliss-reactive ketones (excluding diaryl/α,β-unsaturated/α-hetero) is 1. The third-order valence-electron chi connectivity index (χ3n) is 3.80. The zero-order valence-corrected chi connectivity index (χ0v) is 8.28. The molecule has 3 heterocycles. The Balaban J connectivity index is 1.67. The molecule has 0 N–H and O–H groups in total. The van der Waals surface area contributed by atoms with Crippen LogP contribution in [0.3, 0.4) is 0 Å². The summed E-state index contributed by atoms with van der Waals surface area (Å²) >= 11 is 0. The Hall–Kier alpha value is -0.410. The molecule has 3 aliphatic rings. The van der Waals surface area contributed by atoms with E-state index in [9.17, 15) is 4.79 Å². The van der Waals surface area contributed by atoms with Crippen LogP contribution in [0, 0.1) is 11.8 Å². The highest BCUT2D eigenvalue weighted by atomic mass is 16.5. The monoisotopic (exact) mass is 196 g/mol. The highest BCUT2D eigenvalue weighted by molar-refractivity contribution is 5.84. The minimum Gasteiger partial charge on any atom is -0.381 e. The first-order valence-corrected chi connectivity index (χ1v) is 5.61. The molecule has 0 amide bonds. The molecule has 0 aromatic rings. The smallest absolute Gasteiger partial charge is 0.144 e. The number of hydrogen-bond donors (Lipinski definition) is 0. The zero-order chi connectivity index (χ0) is 9.54. The second kappa shape index (κ2) is 3.31. The zero-order valence-electron chi connectivity index (χ0n) is 8.28. The normalized spacial score (nSPS) is 46.0. The van der Waals surface area contributed by atoms with E-state index in [0.717, 1.165) is 32.3 Å². The average Bonchev–Trinajstić information content (AvgIpc) is 2.93. The van der Waals surface area contributed by atoms with Crippen LogP contribution in [0.25, 0.3) is 0 Å². The number of ether oxygens (including phenoxy) is 2. The van der Waals surface area contributed by atoms with E-state index in [-0.39, 0.29) is 17.9 Å². The Bertz CT molecular complexity index is 245. The van der Waals surface area contributed by atoms with Crippen molar-refractivity contribution in [1.82, 2.24) is 0 Å². The van der Waals surface area contributed by atoms with Crippen LogP contribution in [-0.2, 0) is 14.3 Å². The van der Waals surface area contributed by atoms with Crippen LogP contribution in [0.15, 0.2) is 0 Å². The van der Waals surface area contributed by atoms with Crippen LogP contribution in [0.4, 0.5) is 0 Å². The Labute approximate surface area is 83.8 Å². The van der Waals surface area contributed by atoms with Crippen molar-refractivity contribution in [2.24, 2.45) is 11.8 Å². The van der Waals surface area contributed by atoms with E-state index in [1.807, 2.05) is 0 Å². The van der Waals surface area contributed by atoms with Crippen LogP contribution in [0.1, 0.15) is 25.7 Å². The molecule has 0 radical (unpaired) electrons. The molecule has 3 aliphatic heterocycles. The summed E-state index contributed by atoms with van der Waals surface area (Å²) in [5, 5.41) is 0. The summed E-state index contributed by atoms with van der Waals surface area (Å²) in [5.74, 6) is 0.776. The van der Waals surface area contributed by atoms with Gasteiger partial charge in [0.2, 0.25) is 0 Å². The Morgan fingerprint density at radius 2 is 2.14 bits per heavy atom. The minimum atomic E-state index is 0.169. The first kappa shape index (κ1) is 8.86. The third-order valence-corrected chi connectivity index (χ3v) is 3.80. The molecule has 3 heteroatoms. The Morgan fingerprint density at radius 3 is 2.71 bits per heavy atom. The van der Waals surface area contributed by atoms with Crippen LogP contribution in [0.2, 0.25) is 0 Å². The van der Waals surface area contributed by atoms with Gasteiger partial charge < -0.3 is 9.47 Å². The predicted molar refractivity (Wildman–Crippen MR) is 49.9 cm³/mol. The van der Waals surface area contributed by atoms with Crippen LogP contribution >= 0.6 is 0 Å². The maximum absolute atomic E-state index is 12.1. The van der Waals surface area contributed by atoms with Gasteiger partial charge in [-0.3, -0.25) is 4.79 Å². The Kier molecular flexibility index (Phi) is 2.10. The van der Waals surface area contributed by atoms with Crippen molar-refractivity contribution in [2.75, 3.05) is 13.2 Å². The van der Waals surface area contributed by atoms with E-state index in [2.05, 4.69) is 0 Å². The number of rotatable bonds is 2. The van der Waals surface area contributed by atoms with Crippen molar-refractivity contribution < 1.29 is 14.3 Å². The molecule has 0 aromatic heterocycles. The SMILES string of the molecule is O=C(C1CCOC1)C1CC2CCC1O2. The number of fused-ring (bicyclic) bond motifs is 2. The molecule has 0 spiro atoms. The number of ketones is 1. The molecule has 0 saturated carbocycles. The molecule has 3 fully saturated rings. The van der Waals surface area contributed by atoms with Crippen molar-refractivity contribution in [3.63, 3.8) is 0 Å². The lowest BCUT2D eigenvalue weighted by Gasteiger charge is -2.19. The van der Waals surface area contributed by atoms with Gasteiger partial charge in [-0.1, -0.05) is 0 Å². The molecule has 4 unspecified atom stereocenters. The lowest BCUT2D eigenvalue weighted by molar-refractivity contribution is -0.128. The van der Waals surface area contributed by atoms with E-state index in [4.69, 9.17) is 9.47 Å². The molecule has 0 aliphatic carbocycles. The maximum atomic E-state index is 12.1. The van der Waals surface area contributed by atoms with Gasteiger partial charge >= 0.3 is 0 Å². The van der Waals surface area contributed by atoms with Crippen molar-refractivity contribution in [1.29, 1.82) is 0 Å². The lowest BCUT2D eigenvalue weighted by atomic mass is 9.81. The first-order chi connectivity index (χ1) is 6.84. The van der Waals surface area contributed by atoms with Gasteiger partial charge in [0.05, 0.1) is 18.8 Å². The second-order valence-electron chi connectivity index (χ2n) is 4.68. The van der Waals surface area contributed by atoms with E-state index in [1.54, 1.807) is 0 Å². The number of carbonyl (C=O) groups is 1. The van der Waals surface area contributed by atoms with Crippen molar-refractivity contribution >= 4 is 5.78 Å². The highest BCUT2D eigenvalue weighted by Gasteiger charge is 2.46. The fraction of sp³-hybridized carbons (Fsp3) is 0.909. The molecule has 4 atom stereocenters. The van der Waals surface area contributed by atoms with Gasteiger partial charge in [0, 0.05) is 18.4 Å². The first-order valence-electron chi connectivity index (χ1n) is 5.61. The minimum absolute atomic E-state index is 0.169. The van der Waals surface area contributed by atoms with Gasteiger partial charge in [0.25, 0.3) is 0 Å². The molecular formula is C11H16O3. The van der Waals surface area contributed by atoms with Gasteiger partial charge in [-0.25, -0.2) is 0 Å². The molecule has 3 saturated heterocycles. The second-order valence-corrected chi connectivity index (χ2v) is 4.68. The summed E-state index contributed by atoms with van der Waals surface area (Å²) in [7, 11) is 0. The fourth-order valence-corrected chi connectivity index (χ4v) is 3.00. The summed E-state index contributed by atoms with van der Waals surface area (Å²) in [6.07, 6.45) is 4.78. The van der Waals surface area contributed by atoms with Gasteiger partial charge in [-0.15, -0.1) is 0 Å². The number of hydrogen-bond acceptors (Lipinski definition) is 3. The van der Waals surface area contributed by atoms with Crippen LogP contribution < -0.4 is 0 Å². The molecule has 14 heavy (non-hydrogen) atoms. The molecule has 3 rings (SSSR count). The fourth-order valence-electron chi connectivity index (χ4n) is 3.00. The van der Waals surface area contributed by atoms with Gasteiger partial charge in [-0.2, -0.15) is 0 Å². The summed E-state index contributed by atoms with van der Waals surface area (Å²) < 4.78 is 11.0. The average molecular weight is 196 g/mol. The van der Waals surface area contributed by atoms with Gasteiger partial charge in [-0.05, 0) is 25.7 Å². The van der Waals surface area contributed by atoms with Crippen molar-refractivity contribution in [3.8, 4) is 0 Å². The van der Waals surface area contributed by atoms with Gasteiger partial charge in [0.1, 0.15) is 5.78 Å². The number of carbonyl (C=O) groups excluding carboxylic acids is 1. The summed E-state index contributed by atoms with van der Waals surface area (Å²) in [4.78, 5) is 12.1. The third kappa shape index (κ3) is 1.30. The summed E-state index contributed by atoms with van der Waals surface area (Å²) in [6, 6.07) is 0. The molecular weight excluding hydrogens is 180 g/mol. The molecule has 2 bridgehead atoms. The van der Waals surface area contributed by atoms with E-state index >= 15 is 0 Å². The summed E-state index contributed by atoms with van der Waals surface area (Å²) in [5.41, 5.74) is 0. The van der Waals surface area contributed by atoms with E-state index < -0.39 is 0 Å². The van der Waals surface area contributed by atoms with Gasteiger partial charge in [0.15, 0.2) is 0 Å². The van der Waals surface area contributed by atoms with Crippen molar-refractivity contribution in [2.45, 2.75) is 37.9 Å². The molecule has 3 nitrogen and oxygen atoms in total. The van der Waals surface area contributed by atoms with E-state index in [1.165, 1.54) is 0 Å². The molecule has 78 valence electrons. The van der Waals surface area contributed by atoms with E-state index in [0.29, 0.717) is 18.5 Å². The van der Waals surface area contributed by atoms with Crippen LogP contribution in [0.5, 0.6) is 0 Å². The Morgan fingerprint density at radius 1 is 1.21 bits per heavy atom. The topological polar surface area (TPSA) is 35.5 Å².